The second kappa shape index (κ2) is 6.80. The number of hydrogen-bond acceptors (Lipinski definition) is 4. The van der Waals surface area contributed by atoms with Crippen molar-refractivity contribution in [3.63, 3.8) is 0 Å². The van der Waals surface area contributed by atoms with Crippen LogP contribution in [0.2, 0.25) is 0 Å². The quantitative estimate of drug-likeness (QED) is 0.758. The number of nitrogens with two attached hydrogens (primary N) is 1. The Hall–Kier alpha value is -3.27. The highest BCUT2D eigenvalue weighted by Gasteiger charge is 2.40. The molecule has 2 N–H and O–H groups in total. The van der Waals surface area contributed by atoms with E-state index >= 15 is 0 Å². The van der Waals surface area contributed by atoms with Crippen LogP contribution in [0.25, 0.3) is 11.1 Å². The minimum atomic E-state index is -0.631. The first-order valence-electron chi connectivity index (χ1n) is 8.91. The van der Waals surface area contributed by atoms with Gasteiger partial charge in [0.15, 0.2) is 5.54 Å². The Morgan fingerprint density at radius 1 is 0.963 bits per heavy atom. The third-order valence-electron chi connectivity index (χ3n) is 5.08. The third-order valence-corrected chi connectivity index (χ3v) is 5.08. The number of rotatable bonds is 4. The van der Waals surface area contributed by atoms with Crippen molar-refractivity contribution >= 4 is 6.02 Å². The number of methoxy groups -OCH3 is 1. The lowest BCUT2D eigenvalue weighted by atomic mass is 9.83. The molecule has 1 atom stereocenters. The Bertz CT molecular complexity index is 998. The standard InChI is InChI=1S/C23H22N2O2/c1-16-11-12-20(26-2)14-21(16)17-7-6-10-19(13-17)23(15-27-22(24)25-23)18-8-4-3-5-9-18/h3-14H,15H2,1-2H3,(H2,24,25). The average molecular weight is 358 g/mol. The van der Waals surface area contributed by atoms with E-state index in [1.165, 1.54) is 5.56 Å². The maximum Gasteiger partial charge on any atom is 0.283 e. The molecule has 1 aliphatic heterocycles. The zero-order valence-corrected chi connectivity index (χ0v) is 15.5. The van der Waals surface area contributed by atoms with Gasteiger partial charge in [0.25, 0.3) is 6.02 Å². The molecule has 4 heteroatoms. The van der Waals surface area contributed by atoms with E-state index in [1.807, 2.05) is 24.3 Å². The molecule has 0 aliphatic carbocycles. The number of ether oxygens (including phenoxy) is 2. The van der Waals surface area contributed by atoms with Crippen molar-refractivity contribution in [2.75, 3.05) is 13.7 Å². The molecular weight excluding hydrogens is 336 g/mol. The van der Waals surface area contributed by atoms with Gasteiger partial charge in [-0.15, -0.1) is 0 Å². The van der Waals surface area contributed by atoms with Gasteiger partial charge in [0.2, 0.25) is 0 Å². The molecule has 1 heterocycles. The van der Waals surface area contributed by atoms with Crippen LogP contribution in [0, 0.1) is 6.92 Å². The molecule has 0 spiro atoms. The summed E-state index contributed by atoms with van der Waals surface area (Å²) >= 11 is 0. The summed E-state index contributed by atoms with van der Waals surface area (Å²) in [4.78, 5) is 4.70. The zero-order chi connectivity index (χ0) is 18.9. The van der Waals surface area contributed by atoms with Gasteiger partial charge in [-0.1, -0.05) is 54.6 Å². The molecule has 136 valence electrons. The largest absolute Gasteiger partial charge is 0.497 e. The summed E-state index contributed by atoms with van der Waals surface area (Å²) < 4.78 is 11.0. The molecule has 0 radical (unpaired) electrons. The minimum Gasteiger partial charge on any atom is -0.497 e. The van der Waals surface area contributed by atoms with E-state index in [1.54, 1.807) is 7.11 Å². The van der Waals surface area contributed by atoms with Gasteiger partial charge >= 0.3 is 0 Å². The fraction of sp³-hybridized carbons (Fsp3) is 0.174. The maximum absolute atomic E-state index is 5.91. The van der Waals surface area contributed by atoms with Gasteiger partial charge in [-0.25, -0.2) is 4.99 Å². The number of nitrogens with zero attached hydrogens (tertiary/aromatic N) is 1. The molecule has 0 bridgehead atoms. The normalized spacial score (nSPS) is 18.7. The highest BCUT2D eigenvalue weighted by molar-refractivity contribution is 5.76. The molecule has 3 aromatic rings. The van der Waals surface area contributed by atoms with E-state index < -0.39 is 5.54 Å². The lowest BCUT2D eigenvalue weighted by Crippen LogP contribution is -2.27. The van der Waals surface area contributed by atoms with Gasteiger partial charge < -0.3 is 15.2 Å². The van der Waals surface area contributed by atoms with Crippen molar-refractivity contribution in [2.24, 2.45) is 10.7 Å². The summed E-state index contributed by atoms with van der Waals surface area (Å²) in [5, 5.41) is 0. The van der Waals surface area contributed by atoms with Gasteiger partial charge in [0.05, 0.1) is 7.11 Å². The highest BCUT2D eigenvalue weighted by Crippen LogP contribution is 2.39. The van der Waals surface area contributed by atoms with E-state index in [-0.39, 0.29) is 6.02 Å². The molecule has 1 unspecified atom stereocenters. The van der Waals surface area contributed by atoms with Crippen LogP contribution in [0.1, 0.15) is 16.7 Å². The molecule has 1 aliphatic rings. The predicted octanol–water partition coefficient (Wildman–Crippen LogP) is 4.26. The number of amidine groups is 1. The summed E-state index contributed by atoms with van der Waals surface area (Å²) in [6.45, 7) is 2.49. The average Bonchev–Trinajstić information content (AvgIpc) is 3.12. The van der Waals surface area contributed by atoms with Gasteiger partial charge in [-0.3, -0.25) is 0 Å². The minimum absolute atomic E-state index is 0.224. The summed E-state index contributed by atoms with van der Waals surface area (Å²) in [6, 6.07) is 24.9. The van der Waals surface area contributed by atoms with Crippen molar-refractivity contribution in [1.82, 2.24) is 0 Å². The Kier molecular flexibility index (Phi) is 4.32. The fourth-order valence-electron chi connectivity index (χ4n) is 3.59. The first-order valence-corrected chi connectivity index (χ1v) is 8.91. The highest BCUT2D eigenvalue weighted by atomic mass is 16.5. The van der Waals surface area contributed by atoms with Crippen LogP contribution in [0.3, 0.4) is 0 Å². The Labute approximate surface area is 159 Å². The van der Waals surface area contributed by atoms with Gasteiger partial charge in [0.1, 0.15) is 12.4 Å². The van der Waals surface area contributed by atoms with E-state index in [2.05, 4.69) is 55.5 Å². The smallest absolute Gasteiger partial charge is 0.283 e. The van der Waals surface area contributed by atoms with Crippen LogP contribution in [0.4, 0.5) is 0 Å². The molecule has 4 rings (SSSR count). The molecule has 0 fully saturated rings. The summed E-state index contributed by atoms with van der Waals surface area (Å²) in [6.07, 6.45) is 0. The van der Waals surface area contributed by atoms with Gasteiger partial charge in [0, 0.05) is 0 Å². The monoisotopic (exact) mass is 358 g/mol. The summed E-state index contributed by atoms with van der Waals surface area (Å²) in [5.41, 5.74) is 10.8. The molecule has 0 saturated heterocycles. The van der Waals surface area contributed by atoms with Crippen LogP contribution in [0.5, 0.6) is 5.75 Å². The molecule has 4 nitrogen and oxygen atoms in total. The lowest BCUT2D eigenvalue weighted by Gasteiger charge is -2.26. The zero-order valence-electron chi connectivity index (χ0n) is 15.5. The number of aliphatic imine (C=N–C) groups is 1. The molecule has 0 amide bonds. The molecular formula is C23H22N2O2. The van der Waals surface area contributed by atoms with Crippen molar-refractivity contribution in [3.05, 3.63) is 89.5 Å². The van der Waals surface area contributed by atoms with Crippen molar-refractivity contribution in [1.29, 1.82) is 0 Å². The van der Waals surface area contributed by atoms with Crippen LogP contribution in [0.15, 0.2) is 77.8 Å². The summed E-state index contributed by atoms with van der Waals surface area (Å²) in [5.74, 6) is 0.838. The Morgan fingerprint density at radius 3 is 2.44 bits per heavy atom. The summed E-state index contributed by atoms with van der Waals surface area (Å²) in [7, 11) is 1.68. The Balaban J connectivity index is 1.86. The molecule has 0 saturated carbocycles. The lowest BCUT2D eigenvalue weighted by molar-refractivity contribution is 0.278. The first-order chi connectivity index (χ1) is 13.1. The Morgan fingerprint density at radius 2 is 1.74 bits per heavy atom. The topological polar surface area (TPSA) is 56.8 Å². The van der Waals surface area contributed by atoms with E-state index in [9.17, 15) is 0 Å². The van der Waals surface area contributed by atoms with Crippen molar-refractivity contribution in [3.8, 4) is 16.9 Å². The first kappa shape index (κ1) is 17.2. The van der Waals surface area contributed by atoms with Crippen LogP contribution >= 0.6 is 0 Å². The van der Waals surface area contributed by atoms with E-state index in [4.69, 9.17) is 20.2 Å². The van der Waals surface area contributed by atoms with Crippen LogP contribution in [-0.2, 0) is 10.3 Å². The van der Waals surface area contributed by atoms with Crippen LogP contribution in [-0.4, -0.2) is 19.7 Å². The van der Waals surface area contributed by atoms with Crippen molar-refractivity contribution < 1.29 is 9.47 Å². The number of hydrogen-bond donors (Lipinski definition) is 1. The fourth-order valence-corrected chi connectivity index (χ4v) is 3.59. The van der Waals surface area contributed by atoms with Crippen molar-refractivity contribution in [2.45, 2.75) is 12.5 Å². The van der Waals surface area contributed by atoms with Gasteiger partial charge in [-0.05, 0) is 52.9 Å². The molecule has 3 aromatic carbocycles. The second-order valence-electron chi connectivity index (χ2n) is 6.73. The maximum atomic E-state index is 5.91. The SMILES string of the molecule is COc1ccc(C)c(-c2cccc(C3(c4ccccc4)COC(N)=N3)c2)c1. The van der Waals surface area contributed by atoms with E-state index in [0.29, 0.717) is 6.61 Å². The number of benzene rings is 3. The van der Waals surface area contributed by atoms with Crippen LogP contribution < -0.4 is 10.5 Å². The third kappa shape index (κ3) is 3.04. The molecule has 0 aromatic heterocycles. The van der Waals surface area contributed by atoms with Gasteiger partial charge in [-0.2, -0.15) is 0 Å². The number of aryl methyl sites for hydroxylation is 1. The molecule has 27 heavy (non-hydrogen) atoms. The predicted molar refractivity (Wildman–Crippen MR) is 108 cm³/mol. The second-order valence-corrected chi connectivity index (χ2v) is 6.73. The van der Waals surface area contributed by atoms with E-state index in [0.717, 1.165) is 28.0 Å².